The second kappa shape index (κ2) is 6.26. The molecule has 0 radical (unpaired) electrons. The Bertz CT molecular complexity index is 778. The molecule has 1 amide bonds. The Kier molecular flexibility index (Phi) is 4.01. The fraction of sp³-hybridized carbons (Fsp3) is 0.111. The van der Waals surface area contributed by atoms with Crippen molar-refractivity contribution in [2.75, 3.05) is 0 Å². The molecule has 3 aromatic rings. The van der Waals surface area contributed by atoms with E-state index in [1.54, 1.807) is 6.20 Å². The average molecular weight is 291 g/mol. The van der Waals surface area contributed by atoms with Crippen LogP contribution in [0.15, 0.2) is 60.8 Å². The highest BCUT2D eigenvalue weighted by Crippen LogP contribution is 2.21. The number of rotatable bonds is 4. The molecule has 0 saturated carbocycles. The van der Waals surface area contributed by atoms with Crippen LogP contribution < -0.4 is 5.32 Å². The van der Waals surface area contributed by atoms with E-state index in [-0.39, 0.29) is 5.91 Å². The number of hydrogen-bond acceptors (Lipinski definition) is 2. The van der Waals surface area contributed by atoms with E-state index in [2.05, 4.69) is 15.5 Å². The van der Waals surface area contributed by atoms with Gasteiger partial charge in [0.1, 0.15) is 0 Å². The molecule has 0 fully saturated rings. The fourth-order valence-corrected chi connectivity index (χ4v) is 2.35. The van der Waals surface area contributed by atoms with E-state index in [4.69, 9.17) is 0 Å². The van der Waals surface area contributed by atoms with Crippen molar-refractivity contribution in [1.29, 1.82) is 0 Å². The maximum atomic E-state index is 12.4. The van der Waals surface area contributed by atoms with Gasteiger partial charge in [-0.05, 0) is 18.6 Å². The Morgan fingerprint density at radius 1 is 1.14 bits per heavy atom. The van der Waals surface area contributed by atoms with Crippen molar-refractivity contribution >= 4 is 5.91 Å². The summed E-state index contributed by atoms with van der Waals surface area (Å²) in [6.07, 6.45) is 1.57. The second-order valence-corrected chi connectivity index (χ2v) is 5.20. The number of hydrogen-bond donors (Lipinski definition) is 2. The summed E-state index contributed by atoms with van der Waals surface area (Å²) in [5.74, 6) is -0.130. The number of carbonyl (C=O) groups is 1. The topological polar surface area (TPSA) is 57.8 Å². The molecule has 22 heavy (non-hydrogen) atoms. The molecular formula is C18H17N3O. The first-order chi connectivity index (χ1) is 10.7. The van der Waals surface area contributed by atoms with Crippen molar-refractivity contribution in [3.63, 3.8) is 0 Å². The molecule has 1 heterocycles. The van der Waals surface area contributed by atoms with Gasteiger partial charge >= 0.3 is 0 Å². The van der Waals surface area contributed by atoms with Crippen molar-refractivity contribution in [3.8, 4) is 11.3 Å². The molecule has 0 atom stereocenters. The minimum Gasteiger partial charge on any atom is -0.348 e. The molecule has 4 nitrogen and oxygen atoms in total. The molecule has 1 aromatic heterocycles. The van der Waals surface area contributed by atoms with Crippen LogP contribution in [0.3, 0.4) is 0 Å². The Morgan fingerprint density at radius 2 is 1.95 bits per heavy atom. The van der Waals surface area contributed by atoms with Gasteiger partial charge in [-0.3, -0.25) is 9.89 Å². The van der Waals surface area contributed by atoms with Crippen LogP contribution in [-0.4, -0.2) is 16.1 Å². The van der Waals surface area contributed by atoms with Gasteiger partial charge in [0, 0.05) is 12.1 Å². The lowest BCUT2D eigenvalue weighted by Gasteiger charge is -2.06. The summed E-state index contributed by atoms with van der Waals surface area (Å²) in [6.45, 7) is 2.52. The van der Waals surface area contributed by atoms with Crippen LogP contribution in [0.1, 0.15) is 21.5 Å². The van der Waals surface area contributed by atoms with E-state index in [1.165, 1.54) is 0 Å². The highest BCUT2D eigenvalue weighted by molar-refractivity contribution is 5.99. The maximum absolute atomic E-state index is 12.4. The highest BCUT2D eigenvalue weighted by Gasteiger charge is 2.15. The molecular weight excluding hydrogens is 274 g/mol. The van der Waals surface area contributed by atoms with Gasteiger partial charge in [0.2, 0.25) is 0 Å². The number of carbonyl (C=O) groups excluding carboxylic acids is 1. The summed E-state index contributed by atoms with van der Waals surface area (Å²) in [4.78, 5) is 12.4. The minimum absolute atomic E-state index is 0.130. The van der Waals surface area contributed by atoms with Crippen LogP contribution in [0.2, 0.25) is 0 Å². The summed E-state index contributed by atoms with van der Waals surface area (Å²) in [5.41, 5.74) is 4.47. The van der Waals surface area contributed by atoms with Gasteiger partial charge in [-0.2, -0.15) is 5.10 Å². The van der Waals surface area contributed by atoms with Crippen molar-refractivity contribution in [1.82, 2.24) is 15.5 Å². The standard InChI is InChI=1S/C18H17N3O/c1-13-6-5-9-15(10-13)17-16(12-20-21-17)18(22)19-11-14-7-3-2-4-8-14/h2-10,12H,11H2,1H3,(H,19,22)(H,20,21). The summed E-state index contributed by atoms with van der Waals surface area (Å²) >= 11 is 0. The zero-order chi connectivity index (χ0) is 15.4. The lowest BCUT2D eigenvalue weighted by Crippen LogP contribution is -2.22. The third-order valence-electron chi connectivity index (χ3n) is 3.49. The molecule has 0 spiro atoms. The molecule has 0 aliphatic rings. The smallest absolute Gasteiger partial charge is 0.255 e. The first kappa shape index (κ1) is 14.1. The number of nitrogens with zero attached hydrogens (tertiary/aromatic N) is 1. The third kappa shape index (κ3) is 3.06. The largest absolute Gasteiger partial charge is 0.348 e. The van der Waals surface area contributed by atoms with Crippen molar-refractivity contribution in [3.05, 3.63) is 77.5 Å². The monoisotopic (exact) mass is 291 g/mol. The van der Waals surface area contributed by atoms with Crippen LogP contribution in [0.4, 0.5) is 0 Å². The highest BCUT2D eigenvalue weighted by atomic mass is 16.1. The maximum Gasteiger partial charge on any atom is 0.255 e. The number of nitrogens with one attached hydrogen (secondary N) is 2. The molecule has 2 N–H and O–H groups in total. The lowest BCUT2D eigenvalue weighted by atomic mass is 10.1. The van der Waals surface area contributed by atoms with E-state index < -0.39 is 0 Å². The van der Waals surface area contributed by atoms with Gasteiger partial charge in [0.25, 0.3) is 5.91 Å². The molecule has 0 unspecified atom stereocenters. The molecule has 3 rings (SSSR count). The molecule has 0 aliphatic carbocycles. The van der Waals surface area contributed by atoms with Crippen molar-refractivity contribution < 1.29 is 4.79 Å². The van der Waals surface area contributed by atoms with E-state index in [0.29, 0.717) is 12.1 Å². The molecule has 0 bridgehead atoms. The summed E-state index contributed by atoms with van der Waals surface area (Å²) in [6, 6.07) is 17.8. The Morgan fingerprint density at radius 3 is 2.73 bits per heavy atom. The van der Waals surface area contributed by atoms with Gasteiger partial charge in [-0.15, -0.1) is 0 Å². The van der Waals surface area contributed by atoms with E-state index in [9.17, 15) is 4.79 Å². The normalized spacial score (nSPS) is 10.4. The Balaban J connectivity index is 1.78. The molecule has 2 aromatic carbocycles. The van der Waals surface area contributed by atoms with E-state index in [1.807, 2.05) is 61.5 Å². The number of benzene rings is 2. The first-order valence-corrected chi connectivity index (χ1v) is 7.16. The second-order valence-electron chi connectivity index (χ2n) is 5.20. The summed E-state index contributed by atoms with van der Waals surface area (Å²) in [5, 5.41) is 9.86. The van der Waals surface area contributed by atoms with Gasteiger partial charge in [0.05, 0.1) is 17.5 Å². The molecule has 4 heteroatoms. The molecule has 0 saturated heterocycles. The van der Waals surface area contributed by atoms with Crippen LogP contribution in [0.5, 0.6) is 0 Å². The Labute approximate surface area is 129 Å². The quantitative estimate of drug-likeness (QED) is 0.774. The van der Waals surface area contributed by atoms with E-state index in [0.717, 1.165) is 22.4 Å². The summed E-state index contributed by atoms with van der Waals surface area (Å²) in [7, 11) is 0. The van der Waals surface area contributed by atoms with Crippen LogP contribution in [-0.2, 0) is 6.54 Å². The minimum atomic E-state index is -0.130. The number of H-pyrrole nitrogens is 1. The number of aromatic amines is 1. The van der Waals surface area contributed by atoms with Crippen molar-refractivity contribution in [2.24, 2.45) is 0 Å². The van der Waals surface area contributed by atoms with Crippen molar-refractivity contribution in [2.45, 2.75) is 13.5 Å². The number of aryl methyl sites for hydroxylation is 1. The zero-order valence-corrected chi connectivity index (χ0v) is 12.3. The third-order valence-corrected chi connectivity index (χ3v) is 3.49. The predicted octanol–water partition coefficient (Wildman–Crippen LogP) is 3.32. The average Bonchev–Trinajstić information content (AvgIpc) is 3.03. The van der Waals surface area contributed by atoms with Gasteiger partial charge < -0.3 is 5.32 Å². The summed E-state index contributed by atoms with van der Waals surface area (Å²) < 4.78 is 0. The van der Waals surface area contributed by atoms with Gasteiger partial charge in [-0.25, -0.2) is 0 Å². The van der Waals surface area contributed by atoms with Gasteiger partial charge in [-0.1, -0.05) is 54.1 Å². The van der Waals surface area contributed by atoms with Crippen LogP contribution in [0, 0.1) is 6.92 Å². The fourth-order valence-electron chi connectivity index (χ4n) is 2.35. The van der Waals surface area contributed by atoms with Gasteiger partial charge in [0.15, 0.2) is 0 Å². The molecule has 110 valence electrons. The lowest BCUT2D eigenvalue weighted by molar-refractivity contribution is 0.0951. The first-order valence-electron chi connectivity index (χ1n) is 7.16. The number of aromatic nitrogens is 2. The number of amides is 1. The SMILES string of the molecule is Cc1cccc(-c2[nH]ncc2C(=O)NCc2ccccc2)c1. The van der Waals surface area contributed by atoms with Crippen LogP contribution >= 0.6 is 0 Å². The van der Waals surface area contributed by atoms with E-state index >= 15 is 0 Å². The molecule has 0 aliphatic heterocycles. The van der Waals surface area contributed by atoms with Crippen LogP contribution in [0.25, 0.3) is 11.3 Å². The Hall–Kier alpha value is -2.88. The zero-order valence-electron chi connectivity index (χ0n) is 12.3. The predicted molar refractivity (Wildman–Crippen MR) is 86.4 cm³/mol.